The normalized spacial score (nSPS) is 13.2. The molecule has 0 heterocycles. The van der Waals surface area contributed by atoms with Crippen LogP contribution in [0.4, 0.5) is 0 Å². The zero-order chi connectivity index (χ0) is 21.2. The van der Waals surface area contributed by atoms with E-state index in [1.54, 1.807) is 0 Å². The van der Waals surface area contributed by atoms with Gasteiger partial charge < -0.3 is 21.1 Å². The van der Waals surface area contributed by atoms with Gasteiger partial charge in [-0.05, 0) is 24.5 Å². The van der Waals surface area contributed by atoms with E-state index < -0.39 is 35.9 Å². The van der Waals surface area contributed by atoms with Gasteiger partial charge in [0.25, 0.3) is 0 Å². The van der Waals surface area contributed by atoms with Gasteiger partial charge in [0, 0.05) is 6.42 Å². The number of methoxy groups -OCH3 is 1. The Morgan fingerprint density at radius 2 is 1.37 bits per heavy atom. The van der Waals surface area contributed by atoms with Gasteiger partial charge in [0.05, 0.1) is 13.2 Å². The maximum Gasteiger partial charge on any atom is 0.328 e. The second kappa shape index (κ2) is 12.6. The van der Waals surface area contributed by atoms with Gasteiger partial charge in [-0.3, -0.25) is 9.59 Å². The standard InChI is InChI=1S/C22H27N3O4.ClH/c1-15(22(28)29-2)24-21(27)19(14-17-11-7-4-8-12-17)25-20(26)18(23)13-16-9-5-3-6-10-16;/h3-12,15,18-19H,13-14,23H2,1-2H3,(H,24,27)(H,25,26);1H/t15-,18-,19-;/m0./s1. The number of amides is 2. The van der Waals surface area contributed by atoms with Crippen molar-refractivity contribution in [3.8, 4) is 0 Å². The Bertz CT molecular complexity index is 818. The molecule has 2 aromatic carbocycles. The minimum absolute atomic E-state index is 0. The number of carbonyl (C=O) groups is 3. The van der Waals surface area contributed by atoms with Crippen molar-refractivity contribution < 1.29 is 19.1 Å². The molecule has 0 unspecified atom stereocenters. The summed E-state index contributed by atoms with van der Waals surface area (Å²) in [5.74, 6) is -1.48. The van der Waals surface area contributed by atoms with Crippen LogP contribution in [-0.4, -0.2) is 43.0 Å². The van der Waals surface area contributed by atoms with Crippen molar-refractivity contribution in [3.05, 3.63) is 71.8 Å². The van der Waals surface area contributed by atoms with E-state index in [-0.39, 0.29) is 18.8 Å². The van der Waals surface area contributed by atoms with E-state index in [0.29, 0.717) is 6.42 Å². The molecule has 0 saturated heterocycles. The van der Waals surface area contributed by atoms with E-state index in [0.717, 1.165) is 11.1 Å². The molecule has 0 saturated carbocycles. The van der Waals surface area contributed by atoms with Crippen molar-refractivity contribution >= 4 is 30.2 Å². The quantitative estimate of drug-likeness (QED) is 0.517. The van der Waals surface area contributed by atoms with E-state index in [1.807, 2.05) is 60.7 Å². The summed E-state index contributed by atoms with van der Waals surface area (Å²) in [5.41, 5.74) is 7.84. The van der Waals surface area contributed by atoms with Crippen LogP contribution in [0.5, 0.6) is 0 Å². The van der Waals surface area contributed by atoms with Gasteiger partial charge >= 0.3 is 5.97 Å². The van der Waals surface area contributed by atoms with E-state index >= 15 is 0 Å². The van der Waals surface area contributed by atoms with E-state index in [4.69, 9.17) is 5.73 Å². The van der Waals surface area contributed by atoms with E-state index in [1.165, 1.54) is 14.0 Å². The number of nitrogens with two attached hydrogens (primary N) is 1. The number of hydrogen-bond donors (Lipinski definition) is 3. The first-order valence-corrected chi connectivity index (χ1v) is 9.42. The maximum atomic E-state index is 12.7. The average Bonchev–Trinajstić information content (AvgIpc) is 2.73. The minimum Gasteiger partial charge on any atom is -0.467 e. The molecular weight excluding hydrogens is 406 g/mol. The number of carbonyl (C=O) groups excluding carboxylic acids is 3. The molecular formula is C22H28ClN3O4. The summed E-state index contributed by atoms with van der Waals surface area (Å²) in [6.45, 7) is 1.52. The van der Waals surface area contributed by atoms with Gasteiger partial charge in [-0.15, -0.1) is 12.4 Å². The third kappa shape index (κ3) is 7.85. The Morgan fingerprint density at radius 1 is 0.867 bits per heavy atom. The molecule has 0 fully saturated rings. The molecule has 0 radical (unpaired) electrons. The molecule has 2 rings (SSSR count). The predicted octanol–water partition coefficient (Wildman–Crippen LogP) is 1.38. The Balaban J connectivity index is 0.00000450. The molecule has 0 aliphatic rings. The van der Waals surface area contributed by atoms with Gasteiger partial charge in [0.15, 0.2) is 0 Å². The zero-order valence-corrected chi connectivity index (χ0v) is 17.9. The second-order valence-electron chi connectivity index (χ2n) is 6.80. The largest absolute Gasteiger partial charge is 0.467 e. The molecule has 0 bridgehead atoms. The van der Waals surface area contributed by atoms with Crippen LogP contribution in [0.1, 0.15) is 18.1 Å². The molecule has 0 aliphatic heterocycles. The lowest BCUT2D eigenvalue weighted by molar-refractivity contribution is -0.144. The highest BCUT2D eigenvalue weighted by molar-refractivity contribution is 5.92. The number of halogens is 1. The molecule has 0 aromatic heterocycles. The van der Waals surface area contributed by atoms with Gasteiger partial charge in [0.1, 0.15) is 12.1 Å². The van der Waals surface area contributed by atoms with Crippen molar-refractivity contribution in [2.75, 3.05) is 7.11 Å². The van der Waals surface area contributed by atoms with Crippen molar-refractivity contribution in [3.63, 3.8) is 0 Å². The Hall–Kier alpha value is -2.90. The fraction of sp³-hybridized carbons (Fsp3) is 0.318. The molecule has 3 atom stereocenters. The highest BCUT2D eigenvalue weighted by Gasteiger charge is 2.27. The first kappa shape index (κ1) is 25.1. The Kier molecular flexibility index (Phi) is 10.6. The Morgan fingerprint density at radius 3 is 1.87 bits per heavy atom. The summed E-state index contributed by atoms with van der Waals surface area (Å²) in [5, 5.41) is 5.30. The lowest BCUT2D eigenvalue weighted by Gasteiger charge is -2.22. The second-order valence-corrected chi connectivity index (χ2v) is 6.80. The van der Waals surface area contributed by atoms with Crippen molar-refractivity contribution in [2.45, 2.75) is 37.9 Å². The van der Waals surface area contributed by atoms with Gasteiger partial charge in [-0.2, -0.15) is 0 Å². The fourth-order valence-corrected chi connectivity index (χ4v) is 2.85. The molecule has 2 aromatic rings. The van der Waals surface area contributed by atoms with Crippen LogP contribution in [-0.2, 0) is 32.0 Å². The van der Waals surface area contributed by atoms with Gasteiger partial charge in [-0.1, -0.05) is 60.7 Å². The van der Waals surface area contributed by atoms with Gasteiger partial charge in [0.2, 0.25) is 11.8 Å². The van der Waals surface area contributed by atoms with E-state index in [9.17, 15) is 14.4 Å². The van der Waals surface area contributed by atoms with Gasteiger partial charge in [-0.25, -0.2) is 4.79 Å². The van der Waals surface area contributed by atoms with Crippen molar-refractivity contribution in [1.29, 1.82) is 0 Å². The summed E-state index contributed by atoms with van der Waals surface area (Å²) in [6.07, 6.45) is 0.620. The third-order valence-electron chi connectivity index (χ3n) is 4.46. The van der Waals surface area contributed by atoms with Crippen LogP contribution >= 0.6 is 12.4 Å². The van der Waals surface area contributed by atoms with Crippen LogP contribution in [0.2, 0.25) is 0 Å². The molecule has 2 amide bonds. The van der Waals surface area contributed by atoms with Crippen LogP contribution < -0.4 is 16.4 Å². The van der Waals surface area contributed by atoms with Crippen LogP contribution in [0.15, 0.2) is 60.7 Å². The van der Waals surface area contributed by atoms with Crippen molar-refractivity contribution in [2.24, 2.45) is 5.73 Å². The molecule has 162 valence electrons. The summed E-state index contributed by atoms with van der Waals surface area (Å²) >= 11 is 0. The molecule has 4 N–H and O–H groups in total. The molecule has 7 nitrogen and oxygen atoms in total. The summed E-state index contributed by atoms with van der Waals surface area (Å²) in [6, 6.07) is 16.2. The van der Waals surface area contributed by atoms with E-state index in [2.05, 4.69) is 15.4 Å². The average molecular weight is 434 g/mol. The van der Waals surface area contributed by atoms with Crippen LogP contribution in [0.25, 0.3) is 0 Å². The first-order valence-electron chi connectivity index (χ1n) is 9.42. The van der Waals surface area contributed by atoms with Crippen LogP contribution in [0.3, 0.4) is 0 Å². The number of nitrogens with one attached hydrogen (secondary N) is 2. The highest BCUT2D eigenvalue weighted by atomic mass is 35.5. The predicted molar refractivity (Wildman–Crippen MR) is 117 cm³/mol. The SMILES string of the molecule is COC(=O)[C@H](C)NC(=O)[C@H](Cc1ccccc1)NC(=O)[C@@H](N)Cc1ccccc1.Cl. The molecule has 0 aliphatic carbocycles. The molecule has 8 heteroatoms. The first-order chi connectivity index (χ1) is 13.9. The number of ether oxygens (including phenoxy) is 1. The van der Waals surface area contributed by atoms with Crippen LogP contribution in [0, 0.1) is 0 Å². The maximum absolute atomic E-state index is 12.7. The number of rotatable bonds is 9. The Labute approximate surface area is 182 Å². The minimum atomic E-state index is -0.876. The zero-order valence-electron chi connectivity index (χ0n) is 17.0. The third-order valence-corrected chi connectivity index (χ3v) is 4.46. The molecule has 0 spiro atoms. The summed E-state index contributed by atoms with van der Waals surface area (Å²) < 4.78 is 4.64. The highest BCUT2D eigenvalue weighted by Crippen LogP contribution is 2.06. The van der Waals surface area contributed by atoms with Crippen molar-refractivity contribution in [1.82, 2.24) is 10.6 Å². The summed E-state index contributed by atoms with van der Waals surface area (Å²) in [7, 11) is 1.25. The fourth-order valence-electron chi connectivity index (χ4n) is 2.85. The number of hydrogen-bond acceptors (Lipinski definition) is 5. The lowest BCUT2D eigenvalue weighted by atomic mass is 10.0. The lowest BCUT2D eigenvalue weighted by Crippen LogP contribution is -2.55. The molecule has 30 heavy (non-hydrogen) atoms. The number of esters is 1. The smallest absolute Gasteiger partial charge is 0.328 e. The monoisotopic (exact) mass is 433 g/mol. The topological polar surface area (TPSA) is 111 Å². The number of benzene rings is 2. The summed E-state index contributed by atoms with van der Waals surface area (Å²) in [4.78, 5) is 37.0.